The summed E-state index contributed by atoms with van der Waals surface area (Å²) in [4.78, 5) is 47.4. The molecule has 1 atom stereocenters. The van der Waals surface area contributed by atoms with Gasteiger partial charge in [0.2, 0.25) is 5.91 Å². The van der Waals surface area contributed by atoms with Gasteiger partial charge in [0.25, 0.3) is 5.91 Å². The number of amides is 2. The Hall–Kier alpha value is -4.68. The summed E-state index contributed by atoms with van der Waals surface area (Å²) in [6.45, 7) is 7.03. The molecule has 47 heavy (non-hydrogen) atoms. The summed E-state index contributed by atoms with van der Waals surface area (Å²) in [5.74, 6) is 0.507. The predicted molar refractivity (Wildman–Crippen MR) is 185 cm³/mol. The highest BCUT2D eigenvalue weighted by Crippen LogP contribution is 2.29. The molecule has 0 saturated carbocycles. The number of benzene rings is 3. The topological polar surface area (TPSA) is 104 Å². The monoisotopic (exact) mass is 659 g/mol. The number of ether oxygens (including phenoxy) is 3. The van der Waals surface area contributed by atoms with Gasteiger partial charge >= 0.3 is 5.97 Å². The lowest BCUT2D eigenvalue weighted by molar-refractivity contribution is -0.124. The first kappa shape index (κ1) is 33.7. The number of methoxy groups -OCH3 is 2. The van der Waals surface area contributed by atoms with Gasteiger partial charge in [-0.25, -0.2) is 4.79 Å². The van der Waals surface area contributed by atoms with Crippen molar-refractivity contribution in [1.29, 1.82) is 0 Å². The molecule has 2 saturated heterocycles. The van der Waals surface area contributed by atoms with Crippen LogP contribution in [0.4, 0.5) is 17.1 Å². The number of thiocarbonyl (C=S) groups is 1. The number of carbonyl (C=O) groups is 3. The molecule has 0 spiro atoms. The molecule has 0 aliphatic carbocycles. The Kier molecular flexibility index (Phi) is 11.3. The van der Waals surface area contributed by atoms with E-state index in [-0.39, 0.29) is 24.8 Å². The Labute approximate surface area is 281 Å². The molecule has 0 aromatic heterocycles. The van der Waals surface area contributed by atoms with Crippen LogP contribution in [0.3, 0.4) is 0 Å². The molecule has 11 nitrogen and oxygen atoms in total. The van der Waals surface area contributed by atoms with Gasteiger partial charge in [0, 0.05) is 44.1 Å². The maximum Gasteiger partial charge on any atom is 0.338 e. The molecule has 5 rings (SSSR count). The van der Waals surface area contributed by atoms with Crippen molar-refractivity contribution in [2.45, 2.75) is 25.8 Å². The number of nitrogens with one attached hydrogen (secondary N) is 1. The highest BCUT2D eigenvalue weighted by Gasteiger charge is 2.44. The first-order valence-electron chi connectivity index (χ1n) is 15.8. The fourth-order valence-corrected chi connectivity index (χ4v) is 6.25. The SMILES string of the molecule is CCOC(=O)c1ccc(N2C(=O)[C@@H](CC(=O)Nc3ccc(OC)cc3)N(CCCN3CCN(c4ccc(OC)cc4)CC3)C2=S)cc1. The van der Waals surface area contributed by atoms with E-state index < -0.39 is 12.0 Å². The lowest BCUT2D eigenvalue weighted by Gasteiger charge is -2.36. The van der Waals surface area contributed by atoms with Gasteiger partial charge in [-0.05, 0) is 105 Å². The highest BCUT2D eigenvalue weighted by atomic mass is 32.1. The Morgan fingerprint density at radius 3 is 2.02 bits per heavy atom. The molecule has 2 heterocycles. The van der Waals surface area contributed by atoms with Crippen LogP contribution in [0.1, 0.15) is 30.1 Å². The van der Waals surface area contributed by atoms with Gasteiger partial charge in [-0.2, -0.15) is 0 Å². The Morgan fingerprint density at radius 2 is 1.43 bits per heavy atom. The normalized spacial score (nSPS) is 16.7. The van der Waals surface area contributed by atoms with E-state index in [0.29, 0.717) is 34.3 Å². The second-order valence-electron chi connectivity index (χ2n) is 11.3. The minimum atomic E-state index is -0.766. The summed E-state index contributed by atoms with van der Waals surface area (Å²) >= 11 is 5.86. The van der Waals surface area contributed by atoms with Crippen LogP contribution >= 0.6 is 12.2 Å². The first-order valence-corrected chi connectivity index (χ1v) is 16.2. The van der Waals surface area contributed by atoms with E-state index in [1.54, 1.807) is 69.7 Å². The van der Waals surface area contributed by atoms with Crippen LogP contribution in [0.5, 0.6) is 11.5 Å². The summed E-state index contributed by atoms with van der Waals surface area (Å²) in [5, 5.41) is 3.23. The van der Waals surface area contributed by atoms with Crippen molar-refractivity contribution in [2.24, 2.45) is 0 Å². The summed E-state index contributed by atoms with van der Waals surface area (Å²) in [6.07, 6.45) is 0.700. The summed E-state index contributed by atoms with van der Waals surface area (Å²) in [7, 11) is 3.25. The van der Waals surface area contributed by atoms with E-state index in [0.717, 1.165) is 44.9 Å². The van der Waals surface area contributed by atoms with Crippen LogP contribution in [0, 0.1) is 0 Å². The molecule has 2 amide bonds. The Balaban J connectivity index is 1.23. The van der Waals surface area contributed by atoms with Crippen LogP contribution in [0.25, 0.3) is 0 Å². The highest BCUT2D eigenvalue weighted by molar-refractivity contribution is 7.80. The second kappa shape index (κ2) is 15.7. The molecule has 2 aliphatic rings. The molecular weight excluding hydrogens is 618 g/mol. The summed E-state index contributed by atoms with van der Waals surface area (Å²) in [5.41, 5.74) is 2.70. The average Bonchev–Trinajstić information content (AvgIpc) is 3.32. The largest absolute Gasteiger partial charge is 0.497 e. The van der Waals surface area contributed by atoms with E-state index in [1.165, 1.54) is 10.6 Å². The molecule has 12 heteroatoms. The minimum Gasteiger partial charge on any atom is -0.497 e. The van der Waals surface area contributed by atoms with Gasteiger partial charge < -0.3 is 29.3 Å². The lowest BCUT2D eigenvalue weighted by Crippen LogP contribution is -2.47. The molecule has 1 N–H and O–H groups in total. The minimum absolute atomic E-state index is 0.0665. The van der Waals surface area contributed by atoms with Gasteiger partial charge in [-0.1, -0.05) is 0 Å². The van der Waals surface area contributed by atoms with Crippen LogP contribution in [-0.2, 0) is 14.3 Å². The predicted octanol–water partition coefficient (Wildman–Crippen LogP) is 4.42. The lowest BCUT2D eigenvalue weighted by atomic mass is 10.1. The maximum absolute atomic E-state index is 13.9. The number of anilines is 3. The van der Waals surface area contributed by atoms with Crippen molar-refractivity contribution in [3.8, 4) is 11.5 Å². The molecule has 248 valence electrons. The van der Waals surface area contributed by atoms with E-state index in [2.05, 4.69) is 27.2 Å². The van der Waals surface area contributed by atoms with Crippen molar-refractivity contribution in [1.82, 2.24) is 9.80 Å². The van der Waals surface area contributed by atoms with Crippen molar-refractivity contribution in [3.63, 3.8) is 0 Å². The van der Waals surface area contributed by atoms with E-state index >= 15 is 0 Å². The average molecular weight is 660 g/mol. The fourth-order valence-electron chi connectivity index (χ4n) is 5.84. The molecule has 3 aromatic carbocycles. The zero-order valence-corrected chi connectivity index (χ0v) is 27.8. The molecule has 0 bridgehead atoms. The molecule has 3 aromatic rings. The fraction of sp³-hybridized carbons (Fsp3) is 0.371. The van der Waals surface area contributed by atoms with E-state index in [1.807, 2.05) is 17.0 Å². The third-order valence-corrected chi connectivity index (χ3v) is 8.81. The molecule has 0 radical (unpaired) electrons. The number of hydrogen-bond donors (Lipinski definition) is 1. The van der Waals surface area contributed by atoms with Crippen LogP contribution < -0.4 is 24.6 Å². The number of esters is 1. The number of hydrogen-bond acceptors (Lipinski definition) is 9. The number of nitrogens with zero attached hydrogens (tertiary/aromatic N) is 4. The van der Waals surface area contributed by atoms with Crippen molar-refractivity contribution in [2.75, 3.05) is 75.2 Å². The van der Waals surface area contributed by atoms with Crippen LogP contribution in [0.2, 0.25) is 0 Å². The number of rotatable bonds is 13. The van der Waals surface area contributed by atoms with Crippen LogP contribution in [0.15, 0.2) is 72.8 Å². The molecular formula is C35H41N5O6S. The maximum atomic E-state index is 13.9. The molecule has 2 fully saturated rings. The summed E-state index contributed by atoms with van der Waals surface area (Å²) < 4.78 is 15.6. The molecule has 0 unspecified atom stereocenters. The van der Waals surface area contributed by atoms with Gasteiger partial charge in [-0.15, -0.1) is 0 Å². The van der Waals surface area contributed by atoms with Gasteiger partial charge in [0.1, 0.15) is 17.5 Å². The zero-order chi connectivity index (χ0) is 33.3. The Morgan fingerprint density at radius 1 is 0.830 bits per heavy atom. The van der Waals surface area contributed by atoms with Crippen LogP contribution in [-0.4, -0.2) is 98.8 Å². The standard InChI is InChI=1S/C35H41N5O6S/c1-4-46-34(43)25-6-10-28(11-7-25)40-33(42)31(24-32(41)36-26-8-14-29(44-2)15-9-26)39(35(40)47)19-5-18-37-20-22-38(23-21-37)27-12-16-30(45-3)17-13-27/h6-17,31H,4-5,18-24H2,1-3H3,(H,36,41)/t31-/m1/s1. The van der Waals surface area contributed by atoms with E-state index in [4.69, 9.17) is 26.4 Å². The van der Waals surface area contributed by atoms with Gasteiger partial charge in [0.05, 0.1) is 38.5 Å². The van der Waals surface area contributed by atoms with Crippen molar-refractivity contribution in [3.05, 3.63) is 78.4 Å². The summed E-state index contributed by atoms with van der Waals surface area (Å²) in [6, 6.07) is 21.0. The molecule has 2 aliphatic heterocycles. The smallest absolute Gasteiger partial charge is 0.338 e. The zero-order valence-electron chi connectivity index (χ0n) is 27.0. The van der Waals surface area contributed by atoms with Gasteiger partial charge in [0.15, 0.2) is 5.11 Å². The third-order valence-electron chi connectivity index (χ3n) is 8.39. The quantitative estimate of drug-likeness (QED) is 0.210. The van der Waals surface area contributed by atoms with Crippen molar-refractivity contribution < 1.29 is 28.6 Å². The number of piperazine rings is 1. The second-order valence-corrected chi connectivity index (χ2v) is 11.7. The Bertz CT molecular complexity index is 1540. The number of carbonyl (C=O) groups excluding carboxylic acids is 3. The van der Waals surface area contributed by atoms with E-state index in [9.17, 15) is 14.4 Å². The van der Waals surface area contributed by atoms with Crippen molar-refractivity contribution >= 4 is 52.2 Å². The first-order chi connectivity index (χ1) is 22.8. The van der Waals surface area contributed by atoms with Gasteiger partial charge in [-0.3, -0.25) is 19.4 Å². The third kappa shape index (κ3) is 8.19.